The Balaban J connectivity index is 1.51. The number of benzene rings is 3. The van der Waals surface area contributed by atoms with Gasteiger partial charge in [0.1, 0.15) is 5.75 Å². The van der Waals surface area contributed by atoms with Crippen molar-refractivity contribution < 1.29 is 17.9 Å². The number of nitrogens with one attached hydrogen (secondary N) is 1. The Bertz CT molecular complexity index is 1130. The van der Waals surface area contributed by atoms with Gasteiger partial charge in [0, 0.05) is 13.1 Å². The van der Waals surface area contributed by atoms with Gasteiger partial charge in [-0.25, -0.2) is 8.42 Å². The maximum Gasteiger partial charge on any atom is 0.243 e. The minimum atomic E-state index is -3.69. The summed E-state index contributed by atoms with van der Waals surface area (Å²) in [4.78, 5) is 13.5. The number of methoxy groups -OCH3 is 1. The van der Waals surface area contributed by atoms with E-state index in [1.54, 1.807) is 24.3 Å². The largest absolute Gasteiger partial charge is 0.497 e. The lowest BCUT2D eigenvalue weighted by atomic mass is 9.95. The second kappa shape index (κ2) is 10.2. The molecule has 0 bridgehead atoms. The van der Waals surface area contributed by atoms with E-state index in [4.69, 9.17) is 4.74 Å². The van der Waals surface area contributed by atoms with Gasteiger partial charge in [-0.2, -0.15) is 4.31 Å². The number of amides is 1. The van der Waals surface area contributed by atoms with Crippen LogP contribution in [0.1, 0.15) is 30.0 Å². The number of rotatable bonds is 7. The normalized spacial score (nSPS) is 17.0. The lowest BCUT2D eigenvalue weighted by molar-refractivity contribution is -0.126. The summed E-state index contributed by atoms with van der Waals surface area (Å²) < 4.78 is 32.9. The first kappa shape index (κ1) is 23.0. The molecular weight excluding hydrogens is 436 g/mol. The molecule has 3 aromatic carbocycles. The molecule has 0 aliphatic carbocycles. The van der Waals surface area contributed by atoms with Crippen molar-refractivity contribution >= 4 is 15.9 Å². The van der Waals surface area contributed by atoms with Crippen molar-refractivity contribution in [1.29, 1.82) is 0 Å². The minimum absolute atomic E-state index is 0.137. The van der Waals surface area contributed by atoms with Crippen LogP contribution in [0.25, 0.3) is 0 Å². The summed E-state index contributed by atoms with van der Waals surface area (Å²) in [5, 5.41) is 3.17. The number of sulfonamides is 1. The Hall–Kier alpha value is -3.16. The molecule has 1 aliphatic heterocycles. The Morgan fingerprint density at radius 3 is 2.06 bits per heavy atom. The van der Waals surface area contributed by atoms with Crippen molar-refractivity contribution in [2.24, 2.45) is 5.92 Å². The Morgan fingerprint density at radius 1 is 0.939 bits per heavy atom. The van der Waals surface area contributed by atoms with Crippen molar-refractivity contribution in [3.63, 3.8) is 0 Å². The Kier molecular flexibility index (Phi) is 7.11. The van der Waals surface area contributed by atoms with Gasteiger partial charge in [0.05, 0.1) is 24.0 Å². The van der Waals surface area contributed by atoms with Crippen molar-refractivity contribution in [1.82, 2.24) is 9.62 Å². The summed E-state index contributed by atoms with van der Waals surface area (Å²) in [6.45, 7) is 0.565. The van der Waals surface area contributed by atoms with Crippen LogP contribution in [0.3, 0.4) is 0 Å². The van der Waals surface area contributed by atoms with Gasteiger partial charge in [0.2, 0.25) is 15.9 Å². The summed E-state index contributed by atoms with van der Waals surface area (Å²) in [5.74, 6) is 0.0433. The molecule has 1 fully saturated rings. The molecule has 1 atom stereocenters. The van der Waals surface area contributed by atoms with Crippen LogP contribution >= 0.6 is 0 Å². The summed E-state index contributed by atoms with van der Waals surface area (Å²) in [7, 11) is -2.15. The van der Waals surface area contributed by atoms with E-state index in [1.165, 1.54) is 11.4 Å². The SMILES string of the molecule is COc1ccc(S(=O)(=O)N2CCC[C@@H](C(=O)NC(c3ccccc3)c3ccccc3)C2)cc1. The van der Waals surface area contributed by atoms with Crippen LogP contribution in [0.4, 0.5) is 0 Å². The molecule has 0 spiro atoms. The second-order valence-corrected chi connectivity index (χ2v) is 10.1. The molecule has 6 nitrogen and oxygen atoms in total. The van der Waals surface area contributed by atoms with E-state index in [9.17, 15) is 13.2 Å². The molecule has 0 radical (unpaired) electrons. The molecule has 33 heavy (non-hydrogen) atoms. The van der Waals surface area contributed by atoms with Gasteiger partial charge in [-0.3, -0.25) is 4.79 Å². The predicted octanol–water partition coefficient (Wildman–Crippen LogP) is 4.00. The monoisotopic (exact) mass is 464 g/mol. The molecule has 0 unspecified atom stereocenters. The molecule has 1 heterocycles. The third-order valence-corrected chi connectivity index (χ3v) is 7.88. The van der Waals surface area contributed by atoms with Gasteiger partial charge in [-0.05, 0) is 48.2 Å². The fourth-order valence-electron chi connectivity index (χ4n) is 4.18. The average molecular weight is 465 g/mol. The van der Waals surface area contributed by atoms with Crippen LogP contribution in [-0.2, 0) is 14.8 Å². The highest BCUT2D eigenvalue weighted by molar-refractivity contribution is 7.89. The van der Waals surface area contributed by atoms with Crippen LogP contribution < -0.4 is 10.1 Å². The van der Waals surface area contributed by atoms with Crippen LogP contribution in [-0.4, -0.2) is 38.8 Å². The highest BCUT2D eigenvalue weighted by Crippen LogP contribution is 2.27. The molecule has 7 heteroatoms. The van der Waals surface area contributed by atoms with E-state index in [0.717, 1.165) is 11.1 Å². The first-order valence-corrected chi connectivity index (χ1v) is 12.5. The molecule has 1 saturated heterocycles. The Labute approximate surface area is 195 Å². The Morgan fingerprint density at radius 2 is 1.52 bits per heavy atom. The predicted molar refractivity (Wildman–Crippen MR) is 127 cm³/mol. The van der Waals surface area contributed by atoms with Gasteiger partial charge in [-0.1, -0.05) is 60.7 Å². The number of hydrogen-bond acceptors (Lipinski definition) is 4. The molecule has 1 aliphatic rings. The van der Waals surface area contributed by atoms with E-state index in [1.807, 2.05) is 60.7 Å². The highest BCUT2D eigenvalue weighted by Gasteiger charge is 2.34. The average Bonchev–Trinajstić information content (AvgIpc) is 2.88. The van der Waals surface area contributed by atoms with Crippen molar-refractivity contribution in [2.45, 2.75) is 23.8 Å². The standard InChI is InChI=1S/C26H28N2O4S/c1-32-23-14-16-24(17-15-23)33(30,31)28-18-8-13-22(19-28)26(29)27-25(20-9-4-2-5-10-20)21-11-6-3-7-12-21/h2-7,9-12,14-17,22,25H,8,13,18-19H2,1H3,(H,27,29)/t22-/m1/s1. The lowest BCUT2D eigenvalue weighted by Gasteiger charge is -2.32. The van der Waals surface area contributed by atoms with E-state index in [-0.39, 0.29) is 23.4 Å². The lowest BCUT2D eigenvalue weighted by Crippen LogP contribution is -2.46. The van der Waals surface area contributed by atoms with Crippen molar-refractivity contribution in [3.8, 4) is 5.75 Å². The maximum absolute atomic E-state index is 13.3. The topological polar surface area (TPSA) is 75.7 Å². The first-order valence-electron chi connectivity index (χ1n) is 11.0. The molecule has 1 N–H and O–H groups in total. The van der Waals surface area contributed by atoms with Gasteiger partial charge in [0.25, 0.3) is 0 Å². The summed E-state index contributed by atoms with van der Waals surface area (Å²) in [6, 6.07) is 25.6. The summed E-state index contributed by atoms with van der Waals surface area (Å²) >= 11 is 0. The maximum atomic E-state index is 13.3. The van der Waals surface area contributed by atoms with Crippen LogP contribution in [0.15, 0.2) is 89.8 Å². The summed E-state index contributed by atoms with van der Waals surface area (Å²) in [5.41, 5.74) is 1.96. The number of carbonyl (C=O) groups excluding carboxylic acids is 1. The van der Waals surface area contributed by atoms with Crippen LogP contribution in [0, 0.1) is 5.92 Å². The van der Waals surface area contributed by atoms with E-state index < -0.39 is 15.9 Å². The van der Waals surface area contributed by atoms with Gasteiger partial charge in [-0.15, -0.1) is 0 Å². The number of piperidine rings is 1. The van der Waals surface area contributed by atoms with Crippen molar-refractivity contribution in [2.75, 3.05) is 20.2 Å². The minimum Gasteiger partial charge on any atom is -0.497 e. The zero-order chi connectivity index (χ0) is 23.3. The number of ether oxygens (including phenoxy) is 1. The third kappa shape index (κ3) is 5.26. The van der Waals surface area contributed by atoms with Gasteiger partial charge >= 0.3 is 0 Å². The quantitative estimate of drug-likeness (QED) is 0.573. The molecule has 1 amide bonds. The molecule has 3 aromatic rings. The number of hydrogen-bond donors (Lipinski definition) is 1. The smallest absolute Gasteiger partial charge is 0.243 e. The van der Waals surface area contributed by atoms with Gasteiger partial charge < -0.3 is 10.1 Å². The van der Waals surface area contributed by atoms with Gasteiger partial charge in [0.15, 0.2) is 0 Å². The number of nitrogens with zero attached hydrogens (tertiary/aromatic N) is 1. The van der Waals surface area contributed by atoms with E-state index in [0.29, 0.717) is 25.1 Å². The molecule has 0 saturated carbocycles. The molecule has 4 rings (SSSR count). The fourth-order valence-corrected chi connectivity index (χ4v) is 5.71. The fraction of sp³-hybridized carbons (Fsp3) is 0.269. The van der Waals surface area contributed by atoms with Crippen LogP contribution in [0.5, 0.6) is 5.75 Å². The third-order valence-electron chi connectivity index (χ3n) is 6.00. The zero-order valence-corrected chi connectivity index (χ0v) is 19.4. The molecular formula is C26H28N2O4S. The van der Waals surface area contributed by atoms with Crippen molar-refractivity contribution in [3.05, 3.63) is 96.1 Å². The van der Waals surface area contributed by atoms with E-state index >= 15 is 0 Å². The molecule has 172 valence electrons. The second-order valence-electron chi connectivity index (χ2n) is 8.14. The van der Waals surface area contributed by atoms with Crippen LogP contribution in [0.2, 0.25) is 0 Å². The number of carbonyl (C=O) groups is 1. The van der Waals surface area contributed by atoms with E-state index in [2.05, 4.69) is 5.32 Å². The summed E-state index contributed by atoms with van der Waals surface area (Å²) in [6.07, 6.45) is 1.28. The first-order chi connectivity index (χ1) is 16.0. The zero-order valence-electron chi connectivity index (χ0n) is 18.6. The molecule has 0 aromatic heterocycles. The highest BCUT2D eigenvalue weighted by atomic mass is 32.2.